The van der Waals surface area contributed by atoms with Crippen molar-refractivity contribution in [2.45, 2.75) is 25.4 Å². The first-order valence-electron chi connectivity index (χ1n) is 8.29. The fourth-order valence-electron chi connectivity index (χ4n) is 3.41. The number of amides is 3. The normalized spacial score (nSPS) is 19.1. The van der Waals surface area contributed by atoms with E-state index < -0.39 is 17.9 Å². The Labute approximate surface area is 153 Å². The third-order valence-corrected chi connectivity index (χ3v) is 4.74. The Kier molecular flexibility index (Phi) is 3.98. The Morgan fingerprint density at radius 3 is 2.89 bits per heavy atom. The molecule has 4 rings (SSSR count). The highest BCUT2D eigenvalue weighted by Crippen LogP contribution is 2.32. The maximum atomic E-state index is 12.7. The molecular formula is C18H15N3O6. The summed E-state index contributed by atoms with van der Waals surface area (Å²) in [7, 11) is 1.24. The average molecular weight is 369 g/mol. The van der Waals surface area contributed by atoms with Crippen LogP contribution < -0.4 is 5.32 Å². The molecule has 1 aromatic carbocycles. The van der Waals surface area contributed by atoms with Crippen LogP contribution in [0.4, 0.5) is 0 Å². The summed E-state index contributed by atoms with van der Waals surface area (Å²) >= 11 is 0. The van der Waals surface area contributed by atoms with Crippen molar-refractivity contribution in [2.24, 2.45) is 0 Å². The molecule has 1 N–H and O–H groups in total. The van der Waals surface area contributed by atoms with Crippen molar-refractivity contribution in [3.63, 3.8) is 0 Å². The number of imide groups is 1. The second-order valence-electron chi connectivity index (χ2n) is 6.29. The largest absolute Gasteiger partial charge is 0.463 e. The van der Waals surface area contributed by atoms with E-state index in [1.54, 1.807) is 18.2 Å². The summed E-state index contributed by atoms with van der Waals surface area (Å²) in [6, 6.07) is 4.36. The van der Waals surface area contributed by atoms with Crippen LogP contribution in [0.2, 0.25) is 0 Å². The maximum Gasteiger partial charge on any atom is 0.376 e. The summed E-state index contributed by atoms with van der Waals surface area (Å²) in [6.45, 7) is 0.236. The molecule has 2 aromatic rings. The quantitative estimate of drug-likeness (QED) is 0.630. The zero-order valence-corrected chi connectivity index (χ0v) is 14.4. The molecular weight excluding hydrogens is 354 g/mol. The third-order valence-electron chi connectivity index (χ3n) is 4.74. The predicted octanol–water partition coefficient (Wildman–Crippen LogP) is 0.889. The van der Waals surface area contributed by atoms with Gasteiger partial charge in [-0.1, -0.05) is 6.07 Å². The van der Waals surface area contributed by atoms with Crippen LogP contribution in [0.25, 0.3) is 11.3 Å². The van der Waals surface area contributed by atoms with Crippen LogP contribution in [0.3, 0.4) is 0 Å². The number of nitrogens with zero attached hydrogens (tertiary/aromatic N) is 2. The first kappa shape index (κ1) is 17.0. The number of ether oxygens (including phenoxy) is 1. The lowest BCUT2D eigenvalue weighted by Crippen LogP contribution is -2.52. The number of oxazole rings is 1. The molecule has 1 unspecified atom stereocenters. The number of aromatic nitrogens is 1. The first-order valence-corrected chi connectivity index (χ1v) is 8.29. The number of esters is 1. The Morgan fingerprint density at radius 1 is 1.33 bits per heavy atom. The number of methoxy groups -OCH3 is 1. The van der Waals surface area contributed by atoms with Crippen molar-refractivity contribution in [1.82, 2.24) is 15.2 Å². The van der Waals surface area contributed by atoms with Crippen molar-refractivity contribution in [3.8, 4) is 11.3 Å². The topological polar surface area (TPSA) is 119 Å². The van der Waals surface area contributed by atoms with Crippen molar-refractivity contribution in [1.29, 1.82) is 0 Å². The van der Waals surface area contributed by atoms with E-state index in [9.17, 15) is 19.2 Å². The minimum absolute atomic E-state index is 0.0243. The molecule has 9 nitrogen and oxygen atoms in total. The summed E-state index contributed by atoms with van der Waals surface area (Å²) < 4.78 is 9.78. The average Bonchev–Trinajstić information content (AvgIpc) is 3.26. The van der Waals surface area contributed by atoms with E-state index in [0.29, 0.717) is 28.8 Å². The molecule has 27 heavy (non-hydrogen) atoms. The summed E-state index contributed by atoms with van der Waals surface area (Å²) in [6.07, 6.45) is 1.64. The molecule has 0 aliphatic carbocycles. The fraction of sp³-hybridized carbons (Fsp3) is 0.278. The molecule has 1 atom stereocenters. The molecule has 1 aromatic heterocycles. The number of hydrogen-bond donors (Lipinski definition) is 1. The van der Waals surface area contributed by atoms with E-state index in [0.717, 1.165) is 6.39 Å². The Bertz CT molecular complexity index is 979. The molecule has 3 amide bonds. The lowest BCUT2D eigenvalue weighted by molar-refractivity contribution is -0.136. The van der Waals surface area contributed by atoms with Gasteiger partial charge in [-0.3, -0.25) is 19.7 Å². The summed E-state index contributed by atoms with van der Waals surface area (Å²) in [5, 5.41) is 2.27. The van der Waals surface area contributed by atoms with Gasteiger partial charge in [0, 0.05) is 24.1 Å². The summed E-state index contributed by atoms with van der Waals surface area (Å²) in [4.78, 5) is 53.4. The van der Waals surface area contributed by atoms with Gasteiger partial charge in [0.2, 0.25) is 17.6 Å². The lowest BCUT2D eigenvalue weighted by Gasteiger charge is -2.29. The van der Waals surface area contributed by atoms with Crippen LogP contribution >= 0.6 is 0 Å². The minimum atomic E-state index is -0.677. The van der Waals surface area contributed by atoms with E-state index in [-0.39, 0.29) is 30.5 Å². The number of nitrogens with one attached hydrogen (secondary N) is 1. The van der Waals surface area contributed by atoms with Crippen LogP contribution in [0, 0.1) is 0 Å². The van der Waals surface area contributed by atoms with Gasteiger partial charge < -0.3 is 14.1 Å². The second kappa shape index (κ2) is 6.35. The van der Waals surface area contributed by atoms with Gasteiger partial charge in [0.05, 0.1) is 7.11 Å². The van der Waals surface area contributed by atoms with Gasteiger partial charge in [-0.25, -0.2) is 9.78 Å². The van der Waals surface area contributed by atoms with Crippen LogP contribution in [0.15, 0.2) is 29.0 Å². The molecule has 2 aliphatic rings. The van der Waals surface area contributed by atoms with E-state index in [4.69, 9.17) is 4.42 Å². The molecule has 0 bridgehead atoms. The van der Waals surface area contributed by atoms with E-state index in [1.165, 1.54) is 12.0 Å². The molecule has 1 saturated heterocycles. The maximum absolute atomic E-state index is 12.7. The van der Waals surface area contributed by atoms with Crippen molar-refractivity contribution in [2.75, 3.05) is 7.11 Å². The number of rotatable bonds is 3. The monoisotopic (exact) mass is 369 g/mol. The van der Waals surface area contributed by atoms with Gasteiger partial charge in [-0.15, -0.1) is 0 Å². The molecule has 1 fully saturated rings. The Morgan fingerprint density at radius 2 is 2.15 bits per heavy atom. The number of carbonyl (C=O) groups is 4. The van der Waals surface area contributed by atoms with Gasteiger partial charge in [-0.05, 0) is 24.1 Å². The van der Waals surface area contributed by atoms with Gasteiger partial charge in [0.15, 0.2) is 6.39 Å². The molecule has 0 spiro atoms. The van der Waals surface area contributed by atoms with Gasteiger partial charge >= 0.3 is 5.97 Å². The molecule has 138 valence electrons. The zero-order chi connectivity index (χ0) is 19.1. The Balaban J connectivity index is 1.64. The highest BCUT2D eigenvalue weighted by atomic mass is 16.5. The van der Waals surface area contributed by atoms with Crippen LogP contribution in [-0.2, 0) is 20.9 Å². The number of carbonyl (C=O) groups excluding carboxylic acids is 4. The summed E-state index contributed by atoms with van der Waals surface area (Å²) in [5.74, 6) is -1.73. The van der Waals surface area contributed by atoms with E-state index >= 15 is 0 Å². The summed E-state index contributed by atoms with van der Waals surface area (Å²) in [5.41, 5.74) is 2.10. The number of fused-ring (bicyclic) bond motifs is 1. The van der Waals surface area contributed by atoms with Crippen LogP contribution in [0.5, 0.6) is 0 Å². The SMILES string of the molecule is COC(=O)c1ocnc1-c1ccc2c(c1)CN(C1CCC(=O)NC1=O)C2=O. The molecule has 9 heteroatoms. The van der Waals surface area contributed by atoms with Crippen molar-refractivity contribution >= 4 is 23.7 Å². The zero-order valence-electron chi connectivity index (χ0n) is 14.4. The molecule has 0 radical (unpaired) electrons. The number of hydrogen-bond acceptors (Lipinski definition) is 7. The van der Waals surface area contributed by atoms with E-state index in [2.05, 4.69) is 15.0 Å². The van der Waals surface area contributed by atoms with Gasteiger partial charge in [0.1, 0.15) is 11.7 Å². The highest BCUT2D eigenvalue weighted by Gasteiger charge is 2.39. The molecule has 0 saturated carbocycles. The standard InChI is InChI=1S/C18H15N3O6/c1-26-18(25)15-14(19-8-27-15)9-2-3-11-10(6-9)7-21(17(11)24)12-4-5-13(22)20-16(12)23/h2-3,6,8,12H,4-5,7H2,1H3,(H,20,22,23). The van der Waals surface area contributed by atoms with Crippen molar-refractivity contribution < 1.29 is 28.3 Å². The van der Waals surface area contributed by atoms with Crippen LogP contribution in [0.1, 0.15) is 39.3 Å². The smallest absolute Gasteiger partial charge is 0.376 e. The van der Waals surface area contributed by atoms with Crippen LogP contribution in [-0.4, -0.2) is 46.7 Å². The van der Waals surface area contributed by atoms with Gasteiger partial charge in [0.25, 0.3) is 5.91 Å². The lowest BCUT2D eigenvalue weighted by atomic mass is 10.0. The first-order chi connectivity index (χ1) is 13.0. The minimum Gasteiger partial charge on any atom is -0.463 e. The fourth-order valence-corrected chi connectivity index (χ4v) is 3.41. The Hall–Kier alpha value is -3.49. The number of piperidine rings is 1. The highest BCUT2D eigenvalue weighted by molar-refractivity contribution is 6.05. The number of benzene rings is 1. The van der Waals surface area contributed by atoms with E-state index in [1.807, 2.05) is 0 Å². The van der Waals surface area contributed by atoms with Crippen molar-refractivity contribution in [3.05, 3.63) is 41.5 Å². The van der Waals surface area contributed by atoms with Gasteiger partial charge in [-0.2, -0.15) is 0 Å². The molecule has 3 heterocycles. The second-order valence-corrected chi connectivity index (χ2v) is 6.29. The predicted molar refractivity (Wildman–Crippen MR) is 89.3 cm³/mol. The third kappa shape index (κ3) is 2.77. The molecule has 2 aliphatic heterocycles.